The van der Waals surface area contributed by atoms with Gasteiger partial charge in [0.1, 0.15) is 6.29 Å². The lowest BCUT2D eigenvalue weighted by atomic mass is 9.82. The molecule has 7 heavy (non-hydrogen) atoms. The van der Waals surface area contributed by atoms with E-state index in [1.165, 1.54) is 0 Å². The Morgan fingerprint density at radius 2 is 2.29 bits per heavy atom. The molecule has 2 heteroatoms. The van der Waals surface area contributed by atoms with Crippen LogP contribution in [0.15, 0.2) is 0 Å². The van der Waals surface area contributed by atoms with Crippen LogP contribution in [0.4, 0.5) is 0 Å². The fourth-order valence-electron chi connectivity index (χ4n) is 0.721. The van der Waals surface area contributed by atoms with E-state index in [1.807, 2.05) is 0 Å². The van der Waals surface area contributed by atoms with Crippen molar-refractivity contribution in [2.24, 2.45) is 11.7 Å². The summed E-state index contributed by atoms with van der Waals surface area (Å²) in [5.41, 5.74) is 5.40. The predicted octanol–water partition coefficient (Wildman–Crippen LogP) is -0.0774. The Hall–Kier alpha value is -0.370. The number of rotatable bonds is 1. The van der Waals surface area contributed by atoms with Gasteiger partial charge in [-0.05, 0) is 12.8 Å². The van der Waals surface area contributed by atoms with Gasteiger partial charge >= 0.3 is 0 Å². The third-order valence-electron chi connectivity index (χ3n) is 1.56. The lowest BCUT2D eigenvalue weighted by molar-refractivity contribution is -0.113. The second-order valence-electron chi connectivity index (χ2n) is 2.04. The molecule has 0 heterocycles. The van der Waals surface area contributed by atoms with Crippen LogP contribution < -0.4 is 5.73 Å². The van der Waals surface area contributed by atoms with E-state index < -0.39 is 0 Å². The smallest absolute Gasteiger partial charge is 0.124 e. The Balaban J connectivity index is 2.28. The largest absolute Gasteiger partial charge is 0.327 e. The van der Waals surface area contributed by atoms with Gasteiger partial charge in [0, 0.05) is 12.0 Å². The van der Waals surface area contributed by atoms with Crippen molar-refractivity contribution in [3.63, 3.8) is 0 Å². The lowest BCUT2D eigenvalue weighted by Crippen LogP contribution is -2.39. The van der Waals surface area contributed by atoms with Crippen LogP contribution in [-0.4, -0.2) is 12.3 Å². The van der Waals surface area contributed by atoms with Crippen LogP contribution in [0.3, 0.4) is 0 Å². The molecular weight excluding hydrogens is 90.1 g/mol. The standard InChI is InChI=1S/C5H9NO/c6-5-2-1-4(5)3-7/h3-5H,1-2,6H2. The fourth-order valence-corrected chi connectivity index (χ4v) is 0.721. The molecule has 2 unspecified atom stereocenters. The van der Waals surface area contributed by atoms with Crippen LogP contribution in [-0.2, 0) is 4.79 Å². The van der Waals surface area contributed by atoms with E-state index in [9.17, 15) is 4.79 Å². The molecule has 1 aliphatic carbocycles. The maximum absolute atomic E-state index is 9.92. The summed E-state index contributed by atoms with van der Waals surface area (Å²) in [6, 6.07) is 0.178. The summed E-state index contributed by atoms with van der Waals surface area (Å²) in [6.45, 7) is 0. The Kier molecular flexibility index (Phi) is 1.11. The molecule has 0 bridgehead atoms. The van der Waals surface area contributed by atoms with Crippen molar-refractivity contribution in [1.82, 2.24) is 0 Å². The second kappa shape index (κ2) is 1.62. The van der Waals surface area contributed by atoms with E-state index in [1.54, 1.807) is 0 Å². The molecule has 0 aromatic rings. The molecule has 1 saturated carbocycles. The summed E-state index contributed by atoms with van der Waals surface area (Å²) < 4.78 is 0. The van der Waals surface area contributed by atoms with Crippen molar-refractivity contribution in [2.45, 2.75) is 18.9 Å². The minimum atomic E-state index is 0.178. The molecule has 40 valence electrons. The van der Waals surface area contributed by atoms with Crippen molar-refractivity contribution < 1.29 is 4.79 Å². The number of carbonyl (C=O) groups is 1. The molecule has 1 rings (SSSR count). The van der Waals surface area contributed by atoms with Gasteiger partial charge in [0.05, 0.1) is 0 Å². The van der Waals surface area contributed by atoms with Gasteiger partial charge in [-0.15, -0.1) is 0 Å². The summed E-state index contributed by atoms with van der Waals surface area (Å²) in [6.07, 6.45) is 2.99. The highest BCUT2D eigenvalue weighted by Crippen LogP contribution is 2.22. The maximum Gasteiger partial charge on any atom is 0.124 e. The zero-order valence-corrected chi connectivity index (χ0v) is 4.13. The van der Waals surface area contributed by atoms with Gasteiger partial charge in [0.2, 0.25) is 0 Å². The Labute approximate surface area is 42.7 Å². The Bertz CT molecular complexity index is 82.1. The van der Waals surface area contributed by atoms with E-state index in [0.717, 1.165) is 19.1 Å². The van der Waals surface area contributed by atoms with Crippen molar-refractivity contribution in [1.29, 1.82) is 0 Å². The Morgan fingerprint density at radius 1 is 1.57 bits per heavy atom. The first-order valence-corrected chi connectivity index (χ1v) is 2.55. The molecule has 0 aliphatic heterocycles. The van der Waals surface area contributed by atoms with Crippen molar-refractivity contribution in [3.05, 3.63) is 0 Å². The molecule has 0 radical (unpaired) electrons. The summed E-state index contributed by atoms with van der Waals surface area (Å²) in [5.74, 6) is 0.181. The van der Waals surface area contributed by atoms with Gasteiger partial charge < -0.3 is 10.5 Å². The van der Waals surface area contributed by atoms with E-state index >= 15 is 0 Å². The molecule has 0 spiro atoms. The van der Waals surface area contributed by atoms with Crippen molar-refractivity contribution in [3.8, 4) is 0 Å². The summed E-state index contributed by atoms with van der Waals surface area (Å²) in [5, 5.41) is 0. The van der Waals surface area contributed by atoms with Crippen LogP contribution in [0.1, 0.15) is 12.8 Å². The third-order valence-corrected chi connectivity index (χ3v) is 1.56. The van der Waals surface area contributed by atoms with Gasteiger partial charge in [0.25, 0.3) is 0 Å². The first kappa shape index (κ1) is 4.78. The normalized spacial score (nSPS) is 39.6. The number of hydrogen-bond donors (Lipinski definition) is 1. The highest BCUT2D eigenvalue weighted by atomic mass is 16.1. The maximum atomic E-state index is 9.92. The van der Waals surface area contributed by atoms with Crippen LogP contribution in [0.5, 0.6) is 0 Å². The monoisotopic (exact) mass is 99.1 g/mol. The summed E-state index contributed by atoms with van der Waals surface area (Å²) in [7, 11) is 0. The zero-order chi connectivity index (χ0) is 5.28. The van der Waals surface area contributed by atoms with Crippen LogP contribution >= 0.6 is 0 Å². The molecule has 1 fully saturated rings. The average molecular weight is 99.1 g/mol. The van der Waals surface area contributed by atoms with Gasteiger partial charge in [-0.3, -0.25) is 0 Å². The number of nitrogens with two attached hydrogens (primary N) is 1. The van der Waals surface area contributed by atoms with Gasteiger partial charge in [-0.2, -0.15) is 0 Å². The molecule has 0 amide bonds. The quantitative estimate of drug-likeness (QED) is 0.467. The summed E-state index contributed by atoms with van der Waals surface area (Å²) in [4.78, 5) is 9.92. The predicted molar refractivity (Wildman–Crippen MR) is 26.8 cm³/mol. The topological polar surface area (TPSA) is 43.1 Å². The minimum absolute atomic E-state index is 0.178. The molecule has 2 N–H and O–H groups in total. The van der Waals surface area contributed by atoms with Gasteiger partial charge in [-0.1, -0.05) is 0 Å². The average Bonchev–Trinajstić information content (AvgIpc) is 1.65. The third kappa shape index (κ3) is 0.657. The first-order valence-electron chi connectivity index (χ1n) is 2.55. The van der Waals surface area contributed by atoms with E-state index in [2.05, 4.69) is 0 Å². The molecule has 0 aromatic carbocycles. The van der Waals surface area contributed by atoms with E-state index in [0.29, 0.717) is 0 Å². The molecule has 1 aliphatic rings. The van der Waals surface area contributed by atoms with Gasteiger partial charge in [-0.25, -0.2) is 0 Å². The first-order chi connectivity index (χ1) is 3.34. The summed E-state index contributed by atoms with van der Waals surface area (Å²) >= 11 is 0. The number of aldehydes is 1. The number of carbonyl (C=O) groups excluding carboxylic acids is 1. The Morgan fingerprint density at radius 3 is 2.29 bits per heavy atom. The van der Waals surface area contributed by atoms with Crippen LogP contribution in [0.25, 0.3) is 0 Å². The molecule has 0 aromatic heterocycles. The minimum Gasteiger partial charge on any atom is -0.327 e. The van der Waals surface area contributed by atoms with Gasteiger partial charge in [0.15, 0.2) is 0 Å². The molecule has 2 atom stereocenters. The zero-order valence-electron chi connectivity index (χ0n) is 4.13. The molecule has 2 nitrogen and oxygen atoms in total. The SMILES string of the molecule is NC1CCC1C=O. The van der Waals surface area contributed by atoms with Crippen molar-refractivity contribution in [2.75, 3.05) is 0 Å². The van der Waals surface area contributed by atoms with E-state index in [4.69, 9.17) is 5.73 Å². The number of hydrogen-bond acceptors (Lipinski definition) is 2. The molecule has 0 saturated heterocycles. The van der Waals surface area contributed by atoms with Crippen LogP contribution in [0.2, 0.25) is 0 Å². The van der Waals surface area contributed by atoms with Crippen LogP contribution in [0, 0.1) is 5.92 Å². The highest BCUT2D eigenvalue weighted by Gasteiger charge is 2.25. The molecular formula is C5H9NO. The van der Waals surface area contributed by atoms with E-state index in [-0.39, 0.29) is 12.0 Å². The lowest BCUT2D eigenvalue weighted by Gasteiger charge is -2.27. The highest BCUT2D eigenvalue weighted by molar-refractivity contribution is 5.56. The van der Waals surface area contributed by atoms with Crippen molar-refractivity contribution >= 4 is 6.29 Å². The fraction of sp³-hybridized carbons (Fsp3) is 0.800. The second-order valence-corrected chi connectivity index (χ2v) is 2.04.